The van der Waals surface area contributed by atoms with Gasteiger partial charge in [-0.25, -0.2) is 4.39 Å². The second-order valence-corrected chi connectivity index (χ2v) is 5.84. The third kappa shape index (κ3) is 2.49. The van der Waals surface area contributed by atoms with Crippen LogP contribution in [-0.2, 0) is 0 Å². The minimum atomic E-state index is -0.592. The van der Waals surface area contributed by atoms with E-state index in [1.54, 1.807) is 12.1 Å². The largest absolute Gasteiger partial charge is 0.384 e. The molecule has 0 spiro atoms. The first kappa shape index (κ1) is 13.3. The molecule has 0 heterocycles. The molecule has 1 atom stereocenters. The van der Waals surface area contributed by atoms with Crippen LogP contribution >= 0.6 is 0 Å². The first-order valence-corrected chi connectivity index (χ1v) is 6.55. The molecule has 1 aromatic rings. The Morgan fingerprint density at radius 2 is 1.83 bits per heavy atom. The number of hydrogen-bond donors (Lipinski definition) is 1. The predicted octanol–water partition coefficient (Wildman–Crippen LogP) is 4.39. The average molecular weight is 248 g/mol. The van der Waals surface area contributed by atoms with Crippen molar-refractivity contribution in [3.8, 4) is 0 Å². The summed E-state index contributed by atoms with van der Waals surface area (Å²) in [5, 5.41) is 10.5. The number of benzene rings is 1. The molecule has 0 radical (unpaired) electrons. The molecule has 1 N–H and O–H groups in total. The van der Waals surface area contributed by atoms with E-state index in [9.17, 15) is 9.50 Å². The van der Waals surface area contributed by atoms with Gasteiger partial charge >= 0.3 is 0 Å². The van der Waals surface area contributed by atoms with E-state index in [1.165, 1.54) is 24.1 Å². The van der Waals surface area contributed by atoms with Crippen LogP contribution in [0.3, 0.4) is 0 Å². The van der Waals surface area contributed by atoms with Crippen LogP contribution in [0.15, 0.2) is 35.4 Å². The normalized spacial score (nSPS) is 20.9. The Kier molecular flexibility index (Phi) is 3.58. The fourth-order valence-electron chi connectivity index (χ4n) is 2.72. The monoisotopic (exact) mass is 248 g/mol. The van der Waals surface area contributed by atoms with Crippen LogP contribution in [0.4, 0.5) is 4.39 Å². The lowest BCUT2D eigenvalue weighted by molar-refractivity contribution is 0.197. The Morgan fingerprint density at radius 3 is 2.44 bits per heavy atom. The van der Waals surface area contributed by atoms with Gasteiger partial charge < -0.3 is 5.11 Å². The average Bonchev–Trinajstić information content (AvgIpc) is 2.33. The van der Waals surface area contributed by atoms with E-state index in [2.05, 4.69) is 20.8 Å². The van der Waals surface area contributed by atoms with Crippen molar-refractivity contribution in [3.05, 3.63) is 46.8 Å². The molecule has 0 aliphatic heterocycles. The Balaban J connectivity index is 2.33. The number of allylic oxidation sites excluding steroid dienone is 1. The molecule has 1 unspecified atom stereocenters. The topological polar surface area (TPSA) is 20.2 Å². The predicted molar refractivity (Wildman–Crippen MR) is 71.7 cm³/mol. The van der Waals surface area contributed by atoms with Crippen LogP contribution in [0.5, 0.6) is 0 Å². The summed E-state index contributed by atoms with van der Waals surface area (Å²) in [4.78, 5) is 0. The van der Waals surface area contributed by atoms with E-state index in [4.69, 9.17) is 0 Å². The van der Waals surface area contributed by atoms with E-state index >= 15 is 0 Å². The summed E-state index contributed by atoms with van der Waals surface area (Å²) in [5.41, 5.74) is 3.33. The van der Waals surface area contributed by atoms with Gasteiger partial charge in [0.1, 0.15) is 11.9 Å². The maximum atomic E-state index is 12.9. The maximum Gasteiger partial charge on any atom is 0.123 e. The molecule has 2 rings (SSSR count). The molecule has 18 heavy (non-hydrogen) atoms. The van der Waals surface area contributed by atoms with Gasteiger partial charge in [0.2, 0.25) is 0 Å². The quantitative estimate of drug-likeness (QED) is 0.770. The lowest BCUT2D eigenvalue weighted by atomic mass is 9.71. The van der Waals surface area contributed by atoms with E-state index in [-0.39, 0.29) is 11.2 Å². The summed E-state index contributed by atoms with van der Waals surface area (Å²) in [6.07, 6.45) is 2.62. The van der Waals surface area contributed by atoms with Crippen molar-refractivity contribution < 1.29 is 9.50 Å². The number of rotatable bonds is 2. The van der Waals surface area contributed by atoms with E-state index in [0.717, 1.165) is 24.0 Å². The molecule has 0 amide bonds. The standard InChI is InChI=1S/C16H21FO/c1-11-14(5-4-10-16(11,2)3)15(18)12-6-8-13(17)9-7-12/h6-9,15,18H,4-5,10H2,1-3H3. The van der Waals surface area contributed by atoms with E-state index < -0.39 is 6.10 Å². The highest BCUT2D eigenvalue weighted by atomic mass is 19.1. The SMILES string of the molecule is CC1=C(C(O)c2ccc(F)cc2)CCCC1(C)C. The minimum Gasteiger partial charge on any atom is -0.384 e. The first-order valence-electron chi connectivity index (χ1n) is 6.55. The molecule has 98 valence electrons. The molecule has 0 saturated carbocycles. The van der Waals surface area contributed by atoms with Crippen molar-refractivity contribution in [1.29, 1.82) is 0 Å². The van der Waals surface area contributed by atoms with Gasteiger partial charge in [-0.15, -0.1) is 0 Å². The number of aliphatic hydroxyl groups is 1. The Morgan fingerprint density at radius 1 is 1.22 bits per heavy atom. The zero-order valence-electron chi connectivity index (χ0n) is 11.3. The van der Waals surface area contributed by atoms with Crippen molar-refractivity contribution >= 4 is 0 Å². The van der Waals surface area contributed by atoms with Gasteiger partial charge in [0, 0.05) is 0 Å². The van der Waals surface area contributed by atoms with Gasteiger partial charge in [0.15, 0.2) is 0 Å². The van der Waals surface area contributed by atoms with Crippen molar-refractivity contribution in [2.75, 3.05) is 0 Å². The molecule has 1 nitrogen and oxygen atoms in total. The van der Waals surface area contributed by atoms with Crippen LogP contribution in [0.25, 0.3) is 0 Å². The third-order valence-corrected chi connectivity index (χ3v) is 4.26. The highest BCUT2D eigenvalue weighted by Gasteiger charge is 2.29. The molecule has 2 heteroatoms. The Hall–Kier alpha value is -1.15. The number of aliphatic hydroxyl groups excluding tert-OH is 1. The van der Waals surface area contributed by atoms with Crippen LogP contribution < -0.4 is 0 Å². The summed E-state index contributed by atoms with van der Waals surface area (Å²) in [7, 11) is 0. The lowest BCUT2D eigenvalue weighted by Crippen LogP contribution is -2.21. The Bertz CT molecular complexity index is 456. The summed E-state index contributed by atoms with van der Waals surface area (Å²) >= 11 is 0. The van der Waals surface area contributed by atoms with Crippen LogP contribution in [0, 0.1) is 11.2 Å². The summed E-state index contributed by atoms with van der Waals surface area (Å²) in [6.45, 7) is 6.55. The van der Waals surface area contributed by atoms with E-state index in [1.807, 2.05) is 0 Å². The first-order chi connectivity index (χ1) is 8.42. The Labute approximate surface area is 108 Å². The summed E-state index contributed by atoms with van der Waals surface area (Å²) < 4.78 is 12.9. The summed E-state index contributed by atoms with van der Waals surface area (Å²) in [6, 6.07) is 6.15. The zero-order chi connectivity index (χ0) is 13.3. The van der Waals surface area contributed by atoms with Gasteiger partial charge in [-0.3, -0.25) is 0 Å². The van der Waals surface area contributed by atoms with Crippen LogP contribution in [0.1, 0.15) is 51.7 Å². The van der Waals surface area contributed by atoms with E-state index in [0.29, 0.717) is 0 Å². The molecule has 1 aromatic carbocycles. The molecule has 1 aliphatic carbocycles. The maximum absolute atomic E-state index is 12.9. The molecular weight excluding hydrogens is 227 g/mol. The number of hydrogen-bond acceptors (Lipinski definition) is 1. The summed E-state index contributed by atoms with van der Waals surface area (Å²) in [5.74, 6) is -0.263. The lowest BCUT2D eigenvalue weighted by Gasteiger charge is -2.35. The highest BCUT2D eigenvalue weighted by molar-refractivity contribution is 5.32. The third-order valence-electron chi connectivity index (χ3n) is 4.26. The number of halogens is 1. The molecular formula is C16H21FO. The molecule has 0 aromatic heterocycles. The fourth-order valence-corrected chi connectivity index (χ4v) is 2.72. The smallest absolute Gasteiger partial charge is 0.123 e. The van der Waals surface area contributed by atoms with Crippen molar-refractivity contribution in [2.24, 2.45) is 5.41 Å². The molecule has 0 saturated heterocycles. The fraction of sp³-hybridized carbons (Fsp3) is 0.500. The highest BCUT2D eigenvalue weighted by Crippen LogP contribution is 2.43. The van der Waals surface area contributed by atoms with Gasteiger partial charge in [-0.05, 0) is 54.9 Å². The molecule has 0 bridgehead atoms. The van der Waals surface area contributed by atoms with Gasteiger partial charge in [-0.1, -0.05) is 31.6 Å². The van der Waals surface area contributed by atoms with Gasteiger partial charge in [0.25, 0.3) is 0 Å². The van der Waals surface area contributed by atoms with Crippen molar-refractivity contribution in [2.45, 2.75) is 46.1 Å². The minimum absolute atomic E-state index is 0.161. The second kappa shape index (κ2) is 4.85. The van der Waals surface area contributed by atoms with Crippen molar-refractivity contribution in [3.63, 3.8) is 0 Å². The van der Waals surface area contributed by atoms with Crippen molar-refractivity contribution in [1.82, 2.24) is 0 Å². The van der Waals surface area contributed by atoms with Crippen LogP contribution in [0.2, 0.25) is 0 Å². The molecule has 0 fully saturated rings. The van der Waals surface area contributed by atoms with Gasteiger partial charge in [0.05, 0.1) is 0 Å². The van der Waals surface area contributed by atoms with Crippen LogP contribution in [-0.4, -0.2) is 5.11 Å². The second-order valence-electron chi connectivity index (χ2n) is 5.84. The molecule has 1 aliphatic rings. The van der Waals surface area contributed by atoms with Gasteiger partial charge in [-0.2, -0.15) is 0 Å². The zero-order valence-corrected chi connectivity index (χ0v) is 11.3.